The normalized spacial score (nSPS) is 10.5. The number of nitrogens with one attached hydrogen (secondary N) is 1. The molecule has 0 fully saturated rings. The third-order valence-corrected chi connectivity index (χ3v) is 3.69. The van der Waals surface area contributed by atoms with Gasteiger partial charge in [-0.3, -0.25) is 19.0 Å². The number of carbonyl (C=O) groups excluding carboxylic acids is 1. The lowest BCUT2D eigenvalue weighted by Gasteiger charge is -2.10. The van der Waals surface area contributed by atoms with E-state index in [1.165, 1.54) is 47.3 Å². The summed E-state index contributed by atoms with van der Waals surface area (Å²) < 4.78 is 16.7. The Morgan fingerprint density at radius 1 is 1.08 bits per heavy atom. The topological polar surface area (TPSA) is 99.1 Å². The zero-order valence-corrected chi connectivity index (χ0v) is 13.6. The van der Waals surface area contributed by atoms with Crippen molar-refractivity contribution in [1.82, 2.24) is 9.13 Å². The van der Waals surface area contributed by atoms with Gasteiger partial charge in [-0.1, -0.05) is 6.07 Å². The van der Waals surface area contributed by atoms with Crippen LogP contribution in [0.5, 0.6) is 0 Å². The predicted octanol–water partition coefficient (Wildman–Crippen LogP) is 1.36. The van der Waals surface area contributed by atoms with Gasteiger partial charge in [-0.2, -0.15) is 0 Å². The lowest BCUT2D eigenvalue weighted by atomic mass is 10.2. The van der Waals surface area contributed by atoms with Gasteiger partial charge in [-0.05, 0) is 30.3 Å². The van der Waals surface area contributed by atoms with E-state index in [-0.39, 0.29) is 23.5 Å². The van der Waals surface area contributed by atoms with E-state index in [0.29, 0.717) is 5.69 Å². The molecule has 0 saturated heterocycles. The Hall–Kier alpha value is -3.68. The second-order valence-corrected chi connectivity index (χ2v) is 5.52. The molecule has 7 nitrogen and oxygen atoms in total. The van der Waals surface area contributed by atoms with Crippen LogP contribution < -0.4 is 22.2 Å². The maximum Gasteiger partial charge on any atom is 0.274 e. The number of halogens is 1. The van der Waals surface area contributed by atoms with Gasteiger partial charge in [0.15, 0.2) is 0 Å². The molecule has 0 bridgehead atoms. The quantitative estimate of drug-likeness (QED) is 0.739. The summed E-state index contributed by atoms with van der Waals surface area (Å²) in [7, 11) is 0. The fourth-order valence-corrected chi connectivity index (χ4v) is 2.42. The van der Waals surface area contributed by atoms with Gasteiger partial charge < -0.3 is 15.6 Å². The van der Waals surface area contributed by atoms with Crippen molar-refractivity contribution < 1.29 is 9.18 Å². The Balaban J connectivity index is 1.79. The van der Waals surface area contributed by atoms with Crippen LogP contribution in [-0.2, 0) is 11.3 Å². The number of aromatic nitrogens is 2. The minimum absolute atomic E-state index is 0.0177. The van der Waals surface area contributed by atoms with E-state index < -0.39 is 17.3 Å². The highest BCUT2D eigenvalue weighted by molar-refractivity contribution is 5.90. The van der Waals surface area contributed by atoms with Crippen LogP contribution in [0.1, 0.15) is 0 Å². The molecule has 0 unspecified atom stereocenters. The van der Waals surface area contributed by atoms with Crippen LogP contribution in [0.15, 0.2) is 70.5 Å². The molecule has 2 heterocycles. The molecule has 0 atom stereocenters. The molecule has 132 valence electrons. The van der Waals surface area contributed by atoms with Crippen molar-refractivity contribution in [3.63, 3.8) is 0 Å². The molecule has 2 aromatic heterocycles. The van der Waals surface area contributed by atoms with Crippen molar-refractivity contribution in [1.29, 1.82) is 0 Å². The van der Waals surface area contributed by atoms with E-state index in [1.54, 1.807) is 12.1 Å². The van der Waals surface area contributed by atoms with Crippen molar-refractivity contribution in [3.05, 3.63) is 87.4 Å². The standard InChI is InChI=1S/C18H15FN4O3/c19-13-10-12(23-9-2-1-5-17(23)25)6-7-15(13)21-16(24)11-22-8-3-4-14(20)18(22)26/h1-10H,11,20H2,(H,21,24). The van der Waals surface area contributed by atoms with Gasteiger partial charge >= 0.3 is 0 Å². The Bertz CT molecular complexity index is 1090. The summed E-state index contributed by atoms with van der Waals surface area (Å²) in [4.78, 5) is 35.7. The van der Waals surface area contributed by atoms with Gasteiger partial charge in [-0.25, -0.2) is 4.39 Å². The number of hydrogen-bond acceptors (Lipinski definition) is 4. The number of amides is 1. The second kappa shape index (κ2) is 7.06. The SMILES string of the molecule is Nc1cccn(CC(=O)Nc2ccc(-n3ccccc3=O)cc2F)c1=O. The largest absolute Gasteiger partial charge is 0.394 e. The molecule has 0 radical (unpaired) electrons. The van der Waals surface area contributed by atoms with Crippen molar-refractivity contribution in [2.24, 2.45) is 0 Å². The number of nitrogen functional groups attached to an aromatic ring is 1. The lowest BCUT2D eigenvalue weighted by molar-refractivity contribution is -0.116. The van der Waals surface area contributed by atoms with Gasteiger partial charge in [0.1, 0.15) is 12.4 Å². The third-order valence-electron chi connectivity index (χ3n) is 3.69. The highest BCUT2D eigenvalue weighted by Gasteiger charge is 2.11. The molecular formula is C18H15FN4O3. The molecule has 3 N–H and O–H groups in total. The number of nitrogens with two attached hydrogens (primary N) is 1. The summed E-state index contributed by atoms with van der Waals surface area (Å²) in [6, 6.07) is 11.6. The van der Waals surface area contributed by atoms with E-state index in [4.69, 9.17) is 5.73 Å². The summed E-state index contributed by atoms with van der Waals surface area (Å²) in [5.74, 6) is -1.28. The average molecular weight is 354 g/mol. The number of nitrogens with zero attached hydrogens (tertiary/aromatic N) is 2. The Morgan fingerprint density at radius 3 is 2.62 bits per heavy atom. The first-order valence-corrected chi connectivity index (χ1v) is 7.68. The molecule has 0 aliphatic carbocycles. The van der Waals surface area contributed by atoms with Gasteiger partial charge in [0.25, 0.3) is 11.1 Å². The number of pyridine rings is 2. The maximum absolute atomic E-state index is 14.3. The number of carbonyl (C=O) groups is 1. The van der Waals surface area contributed by atoms with Crippen molar-refractivity contribution in [2.45, 2.75) is 6.54 Å². The number of anilines is 2. The average Bonchev–Trinajstić information content (AvgIpc) is 2.61. The predicted molar refractivity (Wildman–Crippen MR) is 95.7 cm³/mol. The van der Waals surface area contributed by atoms with E-state index in [9.17, 15) is 18.8 Å². The van der Waals surface area contributed by atoms with E-state index in [2.05, 4.69) is 5.32 Å². The first-order valence-electron chi connectivity index (χ1n) is 7.68. The molecule has 0 aliphatic rings. The van der Waals surface area contributed by atoms with Crippen molar-refractivity contribution in [2.75, 3.05) is 11.1 Å². The third kappa shape index (κ3) is 3.54. The number of rotatable bonds is 4. The highest BCUT2D eigenvalue weighted by atomic mass is 19.1. The zero-order chi connectivity index (χ0) is 18.7. The smallest absolute Gasteiger partial charge is 0.274 e. The second-order valence-electron chi connectivity index (χ2n) is 5.52. The van der Waals surface area contributed by atoms with Crippen LogP contribution in [0.2, 0.25) is 0 Å². The van der Waals surface area contributed by atoms with Gasteiger partial charge in [0, 0.05) is 24.5 Å². The molecule has 3 aromatic rings. The molecular weight excluding hydrogens is 339 g/mol. The van der Waals surface area contributed by atoms with Crippen molar-refractivity contribution >= 4 is 17.3 Å². The fourth-order valence-electron chi connectivity index (χ4n) is 2.42. The van der Waals surface area contributed by atoms with E-state index >= 15 is 0 Å². The highest BCUT2D eigenvalue weighted by Crippen LogP contribution is 2.17. The minimum atomic E-state index is -0.702. The monoisotopic (exact) mass is 354 g/mol. The lowest BCUT2D eigenvalue weighted by Crippen LogP contribution is -2.28. The minimum Gasteiger partial charge on any atom is -0.394 e. The molecule has 0 aliphatic heterocycles. The van der Waals surface area contributed by atoms with E-state index in [0.717, 1.165) is 10.6 Å². The summed E-state index contributed by atoms with van der Waals surface area (Å²) in [5, 5.41) is 2.40. The summed E-state index contributed by atoms with van der Waals surface area (Å²) in [6.45, 7) is -0.302. The Kier molecular flexibility index (Phi) is 4.66. The van der Waals surface area contributed by atoms with Gasteiger partial charge in [0.2, 0.25) is 5.91 Å². The van der Waals surface area contributed by atoms with Crippen LogP contribution in [0.3, 0.4) is 0 Å². The zero-order valence-electron chi connectivity index (χ0n) is 13.6. The molecule has 1 aromatic carbocycles. The number of hydrogen-bond donors (Lipinski definition) is 2. The molecule has 3 rings (SSSR count). The molecule has 8 heteroatoms. The molecule has 1 amide bonds. The van der Waals surface area contributed by atoms with Crippen molar-refractivity contribution in [3.8, 4) is 5.69 Å². The van der Waals surface area contributed by atoms with E-state index in [1.807, 2.05) is 0 Å². The van der Waals surface area contributed by atoms with Crippen LogP contribution >= 0.6 is 0 Å². The maximum atomic E-state index is 14.3. The Morgan fingerprint density at radius 2 is 1.88 bits per heavy atom. The van der Waals surface area contributed by atoms with Crippen LogP contribution in [0.4, 0.5) is 15.8 Å². The Labute approximate surface area is 147 Å². The summed E-state index contributed by atoms with van der Waals surface area (Å²) in [5.41, 5.74) is 5.00. The summed E-state index contributed by atoms with van der Waals surface area (Å²) in [6.07, 6.45) is 2.93. The molecule has 0 saturated carbocycles. The first-order chi connectivity index (χ1) is 12.5. The molecule has 0 spiro atoms. The van der Waals surface area contributed by atoms with Crippen LogP contribution in [0, 0.1) is 5.82 Å². The molecule has 26 heavy (non-hydrogen) atoms. The first kappa shape index (κ1) is 17.2. The number of benzene rings is 1. The van der Waals surface area contributed by atoms with Crippen LogP contribution in [0.25, 0.3) is 5.69 Å². The van der Waals surface area contributed by atoms with Gasteiger partial charge in [-0.15, -0.1) is 0 Å². The fraction of sp³-hybridized carbons (Fsp3) is 0.0556. The summed E-state index contributed by atoms with van der Waals surface area (Å²) >= 11 is 0. The van der Waals surface area contributed by atoms with Crippen LogP contribution in [-0.4, -0.2) is 15.0 Å². The van der Waals surface area contributed by atoms with Gasteiger partial charge in [0.05, 0.1) is 17.1 Å².